The molecule has 0 aliphatic carbocycles. The maximum atomic E-state index is 11.8. The first-order chi connectivity index (χ1) is 14.0. The lowest BCUT2D eigenvalue weighted by Gasteiger charge is -2.28. The molecule has 2 aromatic carbocycles. The van der Waals surface area contributed by atoms with Gasteiger partial charge in [-0.25, -0.2) is 9.78 Å². The molecule has 3 rings (SSSR count). The summed E-state index contributed by atoms with van der Waals surface area (Å²) in [5.74, 6) is 0.956. The number of carbonyl (C=O) groups excluding carboxylic acids is 1. The van der Waals surface area contributed by atoms with Gasteiger partial charge in [0.05, 0.1) is 12.7 Å². The normalized spacial score (nSPS) is 10.7. The maximum absolute atomic E-state index is 11.8. The summed E-state index contributed by atoms with van der Waals surface area (Å²) in [5.41, 5.74) is 3.28. The van der Waals surface area contributed by atoms with Gasteiger partial charge in [0.2, 0.25) is 5.95 Å². The van der Waals surface area contributed by atoms with Crippen LogP contribution in [0.3, 0.4) is 0 Å². The zero-order chi connectivity index (χ0) is 20.8. The van der Waals surface area contributed by atoms with Crippen molar-refractivity contribution in [3.63, 3.8) is 0 Å². The molecule has 0 amide bonds. The minimum Gasteiger partial charge on any atom is -0.465 e. The fraction of sp³-hybridized carbons (Fsp3) is 0.261. The Balaban J connectivity index is 1.88. The van der Waals surface area contributed by atoms with Gasteiger partial charge >= 0.3 is 5.97 Å². The van der Waals surface area contributed by atoms with E-state index in [2.05, 4.69) is 41.2 Å². The number of rotatable bonds is 7. The Morgan fingerprint density at radius 2 is 1.83 bits per heavy atom. The van der Waals surface area contributed by atoms with Gasteiger partial charge in [0.25, 0.3) is 0 Å². The number of esters is 1. The number of nitrogens with one attached hydrogen (secondary N) is 1. The lowest BCUT2D eigenvalue weighted by molar-refractivity contribution is 0.0601. The molecule has 0 spiro atoms. The lowest BCUT2D eigenvalue weighted by Crippen LogP contribution is -2.31. The van der Waals surface area contributed by atoms with Gasteiger partial charge in [-0.05, 0) is 44.5 Å². The second-order valence-electron chi connectivity index (χ2n) is 7.10. The largest absolute Gasteiger partial charge is 0.465 e. The number of nitrogens with zero attached hydrogens (tertiary/aromatic N) is 3. The zero-order valence-electron chi connectivity index (χ0n) is 17.2. The van der Waals surface area contributed by atoms with Gasteiger partial charge in [-0.3, -0.25) is 0 Å². The van der Waals surface area contributed by atoms with E-state index in [1.54, 1.807) is 18.2 Å². The molecule has 0 saturated carbocycles. The van der Waals surface area contributed by atoms with Crippen LogP contribution in [-0.4, -0.2) is 29.1 Å². The van der Waals surface area contributed by atoms with E-state index < -0.39 is 0 Å². The third-order valence-corrected chi connectivity index (χ3v) is 4.49. The molecule has 1 heterocycles. The third kappa shape index (κ3) is 5.31. The van der Waals surface area contributed by atoms with Crippen LogP contribution < -0.4 is 10.2 Å². The van der Waals surface area contributed by atoms with Crippen LogP contribution in [0.15, 0.2) is 60.7 Å². The van der Waals surface area contributed by atoms with E-state index in [4.69, 9.17) is 9.72 Å². The molecular formula is C23H26N4O2. The summed E-state index contributed by atoms with van der Waals surface area (Å²) >= 11 is 0. The van der Waals surface area contributed by atoms with Crippen molar-refractivity contribution in [1.29, 1.82) is 0 Å². The molecule has 6 nitrogen and oxygen atoms in total. The molecule has 0 aliphatic heterocycles. The first-order valence-electron chi connectivity index (χ1n) is 9.58. The third-order valence-electron chi connectivity index (χ3n) is 4.49. The molecule has 0 fully saturated rings. The number of carbonyl (C=O) groups is 1. The minimum absolute atomic E-state index is 0.264. The second-order valence-corrected chi connectivity index (χ2v) is 7.10. The van der Waals surface area contributed by atoms with Crippen LogP contribution in [-0.2, 0) is 11.3 Å². The number of hydrogen-bond donors (Lipinski definition) is 1. The standard InChI is InChI=1S/C23H26N4O2/c1-16(2)27(15-18-9-6-5-7-10-18)21-13-17(3)24-23(26-21)25-20-12-8-11-19(14-20)22(28)29-4/h5-14,16H,15H2,1-4H3,(H,24,25,26). The number of benzene rings is 2. The molecule has 0 bridgehead atoms. The van der Waals surface area contributed by atoms with Crippen molar-refractivity contribution in [2.45, 2.75) is 33.4 Å². The van der Waals surface area contributed by atoms with Gasteiger partial charge in [-0.15, -0.1) is 0 Å². The predicted octanol–water partition coefficient (Wildman–Crippen LogP) is 4.73. The molecule has 150 valence electrons. The van der Waals surface area contributed by atoms with Crippen LogP contribution in [0.1, 0.15) is 35.5 Å². The monoisotopic (exact) mass is 390 g/mol. The van der Waals surface area contributed by atoms with Gasteiger partial charge in [0, 0.05) is 30.0 Å². The average molecular weight is 390 g/mol. The second kappa shape index (κ2) is 9.19. The molecule has 0 saturated heterocycles. The van der Waals surface area contributed by atoms with Gasteiger partial charge < -0.3 is 15.0 Å². The molecule has 1 N–H and O–H groups in total. The van der Waals surface area contributed by atoms with Crippen molar-refractivity contribution in [1.82, 2.24) is 9.97 Å². The Kier molecular flexibility index (Phi) is 6.44. The topological polar surface area (TPSA) is 67.3 Å². The Hall–Kier alpha value is -3.41. The summed E-state index contributed by atoms with van der Waals surface area (Å²) in [6.45, 7) is 7.00. The summed E-state index contributed by atoms with van der Waals surface area (Å²) in [7, 11) is 1.37. The van der Waals surface area contributed by atoms with E-state index in [-0.39, 0.29) is 12.0 Å². The van der Waals surface area contributed by atoms with Crippen molar-refractivity contribution in [3.05, 3.63) is 77.5 Å². The van der Waals surface area contributed by atoms with E-state index in [9.17, 15) is 4.79 Å². The number of aryl methyl sites for hydroxylation is 1. The SMILES string of the molecule is COC(=O)c1cccc(Nc2nc(C)cc(N(Cc3ccccc3)C(C)C)n2)c1. The summed E-state index contributed by atoms with van der Waals surface area (Å²) in [5, 5.41) is 3.21. The van der Waals surface area contributed by atoms with Gasteiger partial charge in [0.15, 0.2) is 0 Å². The van der Waals surface area contributed by atoms with Crippen LogP contribution in [0.4, 0.5) is 17.5 Å². The minimum atomic E-state index is -0.381. The molecule has 29 heavy (non-hydrogen) atoms. The fourth-order valence-corrected chi connectivity index (χ4v) is 3.03. The highest BCUT2D eigenvalue weighted by Gasteiger charge is 2.15. The molecule has 0 unspecified atom stereocenters. The number of anilines is 3. The fourth-order valence-electron chi connectivity index (χ4n) is 3.03. The zero-order valence-corrected chi connectivity index (χ0v) is 17.2. The van der Waals surface area contributed by atoms with Crippen molar-refractivity contribution < 1.29 is 9.53 Å². The maximum Gasteiger partial charge on any atom is 0.337 e. The molecule has 3 aromatic rings. The predicted molar refractivity (Wildman–Crippen MR) is 116 cm³/mol. The molecule has 1 aromatic heterocycles. The first kappa shape index (κ1) is 20.3. The van der Waals surface area contributed by atoms with E-state index in [0.29, 0.717) is 11.5 Å². The number of aromatic nitrogens is 2. The Labute approximate surface area is 171 Å². The quantitative estimate of drug-likeness (QED) is 0.588. The number of hydrogen-bond acceptors (Lipinski definition) is 6. The van der Waals surface area contributed by atoms with Crippen LogP contribution in [0.2, 0.25) is 0 Å². The molecule has 0 atom stereocenters. The van der Waals surface area contributed by atoms with E-state index >= 15 is 0 Å². The van der Waals surface area contributed by atoms with Crippen molar-refractivity contribution in [2.75, 3.05) is 17.3 Å². The number of methoxy groups -OCH3 is 1. The lowest BCUT2D eigenvalue weighted by atomic mass is 10.2. The highest BCUT2D eigenvalue weighted by atomic mass is 16.5. The molecular weight excluding hydrogens is 364 g/mol. The molecule has 0 radical (unpaired) electrons. The van der Waals surface area contributed by atoms with E-state index in [1.807, 2.05) is 37.3 Å². The van der Waals surface area contributed by atoms with E-state index in [1.165, 1.54) is 12.7 Å². The van der Waals surface area contributed by atoms with Crippen molar-refractivity contribution in [3.8, 4) is 0 Å². The van der Waals surface area contributed by atoms with E-state index in [0.717, 1.165) is 23.7 Å². The first-order valence-corrected chi connectivity index (χ1v) is 9.58. The van der Waals surface area contributed by atoms with Crippen molar-refractivity contribution in [2.24, 2.45) is 0 Å². The summed E-state index contributed by atoms with van der Waals surface area (Å²) in [4.78, 5) is 23.2. The van der Waals surface area contributed by atoms with Crippen LogP contribution in [0.5, 0.6) is 0 Å². The summed E-state index contributed by atoms with van der Waals surface area (Å²) in [6, 6.07) is 19.7. The highest BCUT2D eigenvalue weighted by Crippen LogP contribution is 2.22. The summed E-state index contributed by atoms with van der Waals surface area (Å²) in [6.07, 6.45) is 0. The van der Waals surface area contributed by atoms with Crippen LogP contribution >= 0.6 is 0 Å². The van der Waals surface area contributed by atoms with Gasteiger partial charge in [-0.1, -0.05) is 36.4 Å². The van der Waals surface area contributed by atoms with Gasteiger partial charge in [-0.2, -0.15) is 4.98 Å². The van der Waals surface area contributed by atoms with Crippen LogP contribution in [0.25, 0.3) is 0 Å². The molecule has 6 heteroatoms. The Bertz CT molecular complexity index is 974. The smallest absolute Gasteiger partial charge is 0.337 e. The molecule has 0 aliphatic rings. The highest BCUT2D eigenvalue weighted by molar-refractivity contribution is 5.90. The number of ether oxygens (including phenoxy) is 1. The average Bonchev–Trinajstić information content (AvgIpc) is 2.71. The van der Waals surface area contributed by atoms with Crippen molar-refractivity contribution >= 4 is 23.4 Å². The van der Waals surface area contributed by atoms with Gasteiger partial charge in [0.1, 0.15) is 5.82 Å². The Morgan fingerprint density at radius 3 is 2.52 bits per heavy atom. The Morgan fingerprint density at radius 1 is 1.07 bits per heavy atom. The summed E-state index contributed by atoms with van der Waals surface area (Å²) < 4.78 is 4.79. The van der Waals surface area contributed by atoms with Crippen LogP contribution in [0, 0.1) is 6.92 Å².